The van der Waals surface area contributed by atoms with Crippen molar-refractivity contribution in [2.75, 3.05) is 5.33 Å². The van der Waals surface area contributed by atoms with E-state index in [-0.39, 0.29) is 11.1 Å². The van der Waals surface area contributed by atoms with E-state index in [9.17, 15) is 4.79 Å². The number of halogens is 2. The SMILES string of the molecule is Cc1cc(C(=O)CBr)cc(C#N)c1I. The number of ketones is 1. The molecule has 0 saturated heterocycles. The highest BCUT2D eigenvalue weighted by atomic mass is 127. The fourth-order valence-corrected chi connectivity index (χ4v) is 1.84. The Hall–Kier alpha value is -0.410. The second kappa shape index (κ2) is 4.89. The number of hydrogen-bond acceptors (Lipinski definition) is 2. The highest BCUT2D eigenvalue weighted by molar-refractivity contribution is 14.1. The van der Waals surface area contributed by atoms with E-state index in [0.717, 1.165) is 9.13 Å². The maximum absolute atomic E-state index is 11.4. The van der Waals surface area contributed by atoms with E-state index in [0.29, 0.717) is 11.1 Å². The zero-order chi connectivity index (χ0) is 10.7. The number of Topliss-reactive ketones (excluding diaryl/α,β-unsaturated/α-hetero) is 1. The Morgan fingerprint density at radius 2 is 2.29 bits per heavy atom. The molecule has 0 radical (unpaired) electrons. The third-order valence-electron chi connectivity index (χ3n) is 1.82. The van der Waals surface area contributed by atoms with Crippen LogP contribution < -0.4 is 0 Å². The summed E-state index contributed by atoms with van der Waals surface area (Å²) in [5.74, 6) is 0.000926. The van der Waals surface area contributed by atoms with E-state index in [4.69, 9.17) is 5.26 Å². The molecule has 0 saturated carbocycles. The highest BCUT2D eigenvalue weighted by Crippen LogP contribution is 2.19. The Morgan fingerprint density at radius 3 is 2.79 bits per heavy atom. The number of aryl methyl sites for hydroxylation is 1. The first-order valence-electron chi connectivity index (χ1n) is 3.89. The van der Waals surface area contributed by atoms with E-state index in [2.05, 4.69) is 44.6 Å². The summed E-state index contributed by atoms with van der Waals surface area (Å²) in [7, 11) is 0. The molecule has 0 spiro atoms. The van der Waals surface area contributed by atoms with Crippen LogP contribution in [0, 0.1) is 21.8 Å². The Labute approximate surface area is 105 Å². The van der Waals surface area contributed by atoms with Crippen molar-refractivity contribution in [2.24, 2.45) is 0 Å². The van der Waals surface area contributed by atoms with Crippen LogP contribution >= 0.6 is 38.5 Å². The summed E-state index contributed by atoms with van der Waals surface area (Å²) in [5, 5.41) is 9.13. The standard InChI is InChI=1S/C10H7BrINO/c1-6-2-7(9(14)4-11)3-8(5-13)10(6)12/h2-3H,4H2,1H3. The van der Waals surface area contributed by atoms with Crippen molar-refractivity contribution in [3.63, 3.8) is 0 Å². The van der Waals surface area contributed by atoms with Crippen LogP contribution in [0.15, 0.2) is 12.1 Å². The number of rotatable bonds is 2. The van der Waals surface area contributed by atoms with E-state index in [1.807, 2.05) is 13.0 Å². The lowest BCUT2D eigenvalue weighted by atomic mass is 10.0. The second-order valence-electron chi connectivity index (χ2n) is 2.82. The monoisotopic (exact) mass is 363 g/mol. The lowest BCUT2D eigenvalue weighted by molar-refractivity contribution is 0.102. The van der Waals surface area contributed by atoms with Gasteiger partial charge in [-0.25, -0.2) is 0 Å². The quantitative estimate of drug-likeness (QED) is 0.460. The van der Waals surface area contributed by atoms with Gasteiger partial charge in [-0.2, -0.15) is 5.26 Å². The molecule has 0 heterocycles. The maximum atomic E-state index is 11.4. The van der Waals surface area contributed by atoms with Crippen LogP contribution in [0.2, 0.25) is 0 Å². The van der Waals surface area contributed by atoms with Crippen LogP contribution in [0.4, 0.5) is 0 Å². The van der Waals surface area contributed by atoms with Crippen LogP contribution in [0.3, 0.4) is 0 Å². The molecule has 1 aromatic rings. The van der Waals surface area contributed by atoms with Crippen molar-refractivity contribution < 1.29 is 4.79 Å². The number of carbonyl (C=O) groups is 1. The molecule has 1 aromatic carbocycles. The zero-order valence-corrected chi connectivity index (χ0v) is 11.2. The fourth-order valence-electron chi connectivity index (χ4n) is 1.09. The fraction of sp³-hybridized carbons (Fsp3) is 0.200. The van der Waals surface area contributed by atoms with Crippen molar-refractivity contribution in [1.29, 1.82) is 5.26 Å². The van der Waals surface area contributed by atoms with Crippen molar-refractivity contribution >= 4 is 44.3 Å². The smallest absolute Gasteiger partial charge is 0.173 e. The second-order valence-corrected chi connectivity index (χ2v) is 4.46. The van der Waals surface area contributed by atoms with Gasteiger partial charge in [-0.15, -0.1) is 0 Å². The predicted octanol–water partition coefficient (Wildman–Crippen LogP) is 3.05. The average molecular weight is 364 g/mol. The Bertz CT molecular complexity index is 423. The molecule has 0 aromatic heterocycles. The van der Waals surface area contributed by atoms with Gasteiger partial charge in [-0.1, -0.05) is 15.9 Å². The molecule has 0 bridgehead atoms. The van der Waals surface area contributed by atoms with Gasteiger partial charge in [0.1, 0.15) is 6.07 Å². The number of carbonyl (C=O) groups excluding carboxylic acids is 1. The molecule has 2 nitrogen and oxygen atoms in total. The zero-order valence-electron chi connectivity index (χ0n) is 7.47. The molecular weight excluding hydrogens is 357 g/mol. The van der Waals surface area contributed by atoms with Gasteiger partial charge in [0.15, 0.2) is 5.78 Å². The summed E-state index contributed by atoms with van der Waals surface area (Å²) >= 11 is 5.22. The lowest BCUT2D eigenvalue weighted by Gasteiger charge is -2.04. The number of nitriles is 1. The number of hydrogen-bond donors (Lipinski definition) is 0. The third-order valence-corrected chi connectivity index (χ3v) is 3.76. The molecule has 0 aliphatic heterocycles. The molecule has 14 heavy (non-hydrogen) atoms. The Balaban J connectivity index is 3.32. The van der Waals surface area contributed by atoms with E-state index >= 15 is 0 Å². The van der Waals surface area contributed by atoms with Crippen LogP contribution in [0.25, 0.3) is 0 Å². The number of alkyl halides is 1. The molecule has 0 aliphatic carbocycles. The summed E-state index contributed by atoms with van der Waals surface area (Å²) in [6.45, 7) is 1.90. The summed E-state index contributed by atoms with van der Waals surface area (Å²) in [6.07, 6.45) is 0. The maximum Gasteiger partial charge on any atom is 0.173 e. The van der Waals surface area contributed by atoms with E-state index < -0.39 is 0 Å². The first kappa shape index (κ1) is 11.7. The van der Waals surface area contributed by atoms with Crippen molar-refractivity contribution in [1.82, 2.24) is 0 Å². The van der Waals surface area contributed by atoms with Gasteiger partial charge >= 0.3 is 0 Å². The Kier molecular flexibility index (Phi) is 4.08. The van der Waals surface area contributed by atoms with Gasteiger partial charge in [-0.05, 0) is 47.2 Å². The molecule has 0 fully saturated rings. The third kappa shape index (κ3) is 2.34. The van der Waals surface area contributed by atoms with Crippen molar-refractivity contribution in [2.45, 2.75) is 6.92 Å². The minimum absolute atomic E-state index is 0.000926. The van der Waals surface area contributed by atoms with Crippen molar-refractivity contribution in [3.8, 4) is 6.07 Å². The predicted molar refractivity (Wildman–Crippen MR) is 66.7 cm³/mol. The molecule has 0 atom stereocenters. The molecular formula is C10H7BrINO. The van der Waals surface area contributed by atoms with Gasteiger partial charge in [0.2, 0.25) is 0 Å². The van der Waals surface area contributed by atoms with Gasteiger partial charge < -0.3 is 0 Å². The number of nitrogens with zero attached hydrogens (tertiary/aromatic N) is 1. The molecule has 0 amide bonds. The topological polar surface area (TPSA) is 40.9 Å². The Morgan fingerprint density at radius 1 is 1.64 bits per heavy atom. The minimum atomic E-state index is 0.000926. The first-order chi connectivity index (χ1) is 6.60. The van der Waals surface area contributed by atoms with E-state index in [1.54, 1.807) is 6.07 Å². The summed E-state index contributed by atoms with van der Waals surface area (Å²) in [6, 6.07) is 5.53. The molecule has 4 heteroatoms. The van der Waals surface area contributed by atoms with Gasteiger partial charge in [0.05, 0.1) is 10.9 Å². The van der Waals surface area contributed by atoms with Crippen LogP contribution in [-0.2, 0) is 0 Å². The molecule has 72 valence electrons. The molecule has 0 aliphatic rings. The normalized spacial score (nSPS) is 9.57. The largest absolute Gasteiger partial charge is 0.293 e. The van der Waals surface area contributed by atoms with Crippen LogP contribution in [0.1, 0.15) is 21.5 Å². The summed E-state index contributed by atoms with van der Waals surface area (Å²) in [4.78, 5) is 11.4. The minimum Gasteiger partial charge on any atom is -0.293 e. The van der Waals surface area contributed by atoms with Gasteiger partial charge in [0.25, 0.3) is 0 Å². The van der Waals surface area contributed by atoms with Gasteiger partial charge in [-0.3, -0.25) is 4.79 Å². The molecule has 0 unspecified atom stereocenters. The molecule has 0 N–H and O–H groups in total. The number of benzene rings is 1. The lowest BCUT2D eigenvalue weighted by Crippen LogP contribution is -2.02. The van der Waals surface area contributed by atoms with E-state index in [1.165, 1.54) is 0 Å². The molecule has 1 rings (SSSR count). The van der Waals surface area contributed by atoms with Crippen LogP contribution in [-0.4, -0.2) is 11.1 Å². The van der Waals surface area contributed by atoms with Gasteiger partial charge in [0, 0.05) is 9.13 Å². The van der Waals surface area contributed by atoms with Crippen LogP contribution in [0.5, 0.6) is 0 Å². The summed E-state index contributed by atoms with van der Waals surface area (Å²) < 4.78 is 0.913. The highest BCUT2D eigenvalue weighted by Gasteiger charge is 2.09. The van der Waals surface area contributed by atoms with Crippen molar-refractivity contribution in [3.05, 3.63) is 32.4 Å². The summed E-state index contributed by atoms with van der Waals surface area (Å²) in [5.41, 5.74) is 2.13. The first-order valence-corrected chi connectivity index (χ1v) is 6.09. The average Bonchev–Trinajstić information content (AvgIpc) is 2.20.